The minimum absolute atomic E-state index is 0.0699. The summed E-state index contributed by atoms with van der Waals surface area (Å²) in [6.45, 7) is 4.19. The van der Waals surface area contributed by atoms with E-state index in [1.165, 1.54) is 83.5 Å². The van der Waals surface area contributed by atoms with Crippen molar-refractivity contribution in [1.29, 1.82) is 0 Å². The second-order valence-corrected chi connectivity index (χ2v) is 14.8. The molecule has 0 amide bonds. The first-order valence-corrected chi connectivity index (χ1v) is 20.4. The average molecular weight is 713 g/mol. The van der Waals surface area contributed by atoms with Crippen molar-refractivity contribution in [3.05, 3.63) is 0 Å². The van der Waals surface area contributed by atoms with Crippen LogP contribution in [0.1, 0.15) is 155 Å². The van der Waals surface area contributed by atoms with E-state index in [9.17, 15) is 39.8 Å². The molecule has 0 spiro atoms. The standard InChI is InChI=1S/C35H69O12P/c1-3-5-7-9-11-12-13-14-15-16-17-19-21-23-25-44-26-28(46-29(36)24-22-20-18-10-8-6-4-2)27-45-48(42,43)47-35-33(40)31(38)30(37)32(39)34(35)41/h28,30-35,37-41H,3-27H2,1-2H3,(H,42,43). The van der Waals surface area contributed by atoms with Gasteiger partial charge in [0.05, 0.1) is 13.2 Å². The van der Waals surface area contributed by atoms with Gasteiger partial charge in [-0.25, -0.2) is 4.57 Å². The number of ether oxygens (including phenoxy) is 2. The number of carbonyl (C=O) groups is 1. The molecule has 1 rings (SSSR count). The molecular weight excluding hydrogens is 643 g/mol. The molecule has 1 saturated carbocycles. The van der Waals surface area contributed by atoms with E-state index in [2.05, 4.69) is 13.8 Å². The summed E-state index contributed by atoms with van der Waals surface area (Å²) in [5, 5.41) is 49.8. The average Bonchev–Trinajstić information content (AvgIpc) is 3.06. The number of esters is 1. The van der Waals surface area contributed by atoms with Crippen LogP contribution in [0, 0.1) is 0 Å². The topological polar surface area (TPSA) is 192 Å². The largest absolute Gasteiger partial charge is 0.472 e. The number of hydrogen-bond donors (Lipinski definition) is 6. The molecule has 6 unspecified atom stereocenters. The van der Waals surface area contributed by atoms with Crippen LogP contribution >= 0.6 is 7.82 Å². The summed E-state index contributed by atoms with van der Waals surface area (Å²) in [6.07, 6.45) is 12.1. The second kappa shape index (κ2) is 28.0. The first kappa shape index (κ1) is 45.4. The molecular formula is C35H69O12P. The van der Waals surface area contributed by atoms with Crippen molar-refractivity contribution >= 4 is 13.8 Å². The minimum atomic E-state index is -4.99. The summed E-state index contributed by atoms with van der Waals surface area (Å²) in [5.74, 6) is -0.482. The Morgan fingerprint density at radius 1 is 0.583 bits per heavy atom. The Morgan fingerprint density at radius 3 is 1.44 bits per heavy atom. The molecule has 0 aromatic rings. The van der Waals surface area contributed by atoms with Crippen molar-refractivity contribution in [2.75, 3.05) is 19.8 Å². The summed E-state index contributed by atoms with van der Waals surface area (Å²) in [7, 11) is -4.99. The van der Waals surface area contributed by atoms with Gasteiger partial charge in [-0.2, -0.15) is 0 Å². The Labute approximate surface area is 289 Å². The van der Waals surface area contributed by atoms with Gasteiger partial charge in [-0.1, -0.05) is 136 Å². The Hall–Kier alpha value is -0.660. The molecule has 12 nitrogen and oxygen atoms in total. The molecule has 6 N–H and O–H groups in total. The number of aliphatic hydroxyl groups excluding tert-OH is 5. The Bertz CT molecular complexity index is 817. The summed E-state index contributed by atoms with van der Waals surface area (Å²) in [5.41, 5.74) is 0. The highest BCUT2D eigenvalue weighted by Crippen LogP contribution is 2.47. The number of unbranched alkanes of at least 4 members (excludes halogenated alkanes) is 19. The highest BCUT2D eigenvalue weighted by molar-refractivity contribution is 7.47. The number of phosphoric acid groups is 1. The molecule has 1 aliphatic rings. The Morgan fingerprint density at radius 2 is 0.979 bits per heavy atom. The van der Waals surface area contributed by atoms with Gasteiger partial charge in [-0.05, 0) is 12.8 Å². The SMILES string of the molecule is CCCCCCCCCCCCCCCCOCC(COP(=O)(O)OC1C(O)C(O)C(O)C(O)C1O)OC(=O)CCCCCCCCC. The van der Waals surface area contributed by atoms with Crippen LogP contribution in [0.5, 0.6) is 0 Å². The fourth-order valence-electron chi connectivity index (χ4n) is 5.88. The molecule has 1 aliphatic carbocycles. The predicted molar refractivity (Wildman–Crippen MR) is 184 cm³/mol. The molecule has 0 bridgehead atoms. The van der Waals surface area contributed by atoms with E-state index in [4.69, 9.17) is 18.5 Å². The van der Waals surface area contributed by atoms with Gasteiger partial charge in [0.15, 0.2) is 0 Å². The number of phosphoric ester groups is 1. The van der Waals surface area contributed by atoms with E-state index in [-0.39, 0.29) is 13.0 Å². The molecule has 0 saturated heterocycles. The predicted octanol–water partition coefficient (Wildman–Crippen LogP) is 5.86. The monoisotopic (exact) mass is 712 g/mol. The fraction of sp³-hybridized carbons (Fsp3) is 0.971. The summed E-state index contributed by atoms with van der Waals surface area (Å²) >= 11 is 0. The molecule has 13 heteroatoms. The first-order chi connectivity index (χ1) is 23.0. The van der Waals surface area contributed by atoms with Crippen LogP contribution in [-0.4, -0.2) is 98.9 Å². The summed E-state index contributed by atoms with van der Waals surface area (Å²) in [4.78, 5) is 22.8. The number of hydrogen-bond acceptors (Lipinski definition) is 11. The van der Waals surface area contributed by atoms with Gasteiger partial charge < -0.3 is 39.9 Å². The molecule has 0 radical (unpaired) electrons. The molecule has 0 aromatic carbocycles. The smallest absolute Gasteiger partial charge is 0.457 e. The third kappa shape index (κ3) is 20.9. The minimum Gasteiger partial charge on any atom is -0.457 e. The Balaban J connectivity index is 2.44. The zero-order chi connectivity index (χ0) is 35.6. The van der Waals surface area contributed by atoms with E-state index in [1.807, 2.05) is 0 Å². The normalized spacial score (nSPS) is 24.8. The van der Waals surface area contributed by atoms with Gasteiger partial charge in [-0.3, -0.25) is 13.8 Å². The lowest BCUT2D eigenvalue weighted by molar-refractivity contribution is -0.220. The quantitative estimate of drug-likeness (QED) is 0.0286. The van der Waals surface area contributed by atoms with Crippen LogP contribution in [0.2, 0.25) is 0 Å². The highest BCUT2D eigenvalue weighted by atomic mass is 31.2. The zero-order valence-corrected chi connectivity index (χ0v) is 30.7. The van der Waals surface area contributed by atoms with Crippen molar-refractivity contribution in [2.24, 2.45) is 0 Å². The van der Waals surface area contributed by atoms with E-state index < -0.39 is 63.1 Å². The van der Waals surface area contributed by atoms with E-state index >= 15 is 0 Å². The van der Waals surface area contributed by atoms with Gasteiger partial charge in [0.2, 0.25) is 0 Å². The molecule has 286 valence electrons. The fourth-order valence-corrected chi connectivity index (χ4v) is 6.86. The number of carbonyl (C=O) groups excluding carboxylic acids is 1. The van der Waals surface area contributed by atoms with Crippen LogP contribution < -0.4 is 0 Å². The maximum Gasteiger partial charge on any atom is 0.472 e. The van der Waals surface area contributed by atoms with Gasteiger partial charge in [0.1, 0.15) is 42.7 Å². The molecule has 1 fully saturated rings. The third-order valence-electron chi connectivity index (χ3n) is 8.98. The molecule has 0 aliphatic heterocycles. The lowest BCUT2D eigenvalue weighted by atomic mass is 9.85. The van der Waals surface area contributed by atoms with Crippen molar-refractivity contribution in [2.45, 2.75) is 198 Å². The van der Waals surface area contributed by atoms with Crippen LogP contribution in [0.15, 0.2) is 0 Å². The third-order valence-corrected chi connectivity index (χ3v) is 9.97. The van der Waals surface area contributed by atoms with Crippen molar-refractivity contribution in [3.8, 4) is 0 Å². The van der Waals surface area contributed by atoms with E-state index in [0.717, 1.165) is 44.9 Å². The maximum atomic E-state index is 12.7. The maximum absolute atomic E-state index is 12.7. The number of rotatable bonds is 31. The van der Waals surface area contributed by atoms with Gasteiger partial charge in [0, 0.05) is 13.0 Å². The lowest BCUT2D eigenvalue weighted by Crippen LogP contribution is -2.64. The number of aliphatic hydroxyl groups is 5. The second-order valence-electron chi connectivity index (χ2n) is 13.4. The highest BCUT2D eigenvalue weighted by Gasteiger charge is 2.51. The van der Waals surface area contributed by atoms with Crippen LogP contribution in [0.4, 0.5) is 0 Å². The van der Waals surface area contributed by atoms with Crippen LogP contribution in [0.3, 0.4) is 0 Å². The van der Waals surface area contributed by atoms with Gasteiger partial charge in [-0.15, -0.1) is 0 Å². The van der Waals surface area contributed by atoms with Crippen LogP contribution in [0.25, 0.3) is 0 Å². The molecule has 0 heterocycles. The van der Waals surface area contributed by atoms with Gasteiger partial charge >= 0.3 is 13.8 Å². The van der Waals surface area contributed by atoms with Gasteiger partial charge in [0.25, 0.3) is 0 Å². The van der Waals surface area contributed by atoms with Crippen molar-refractivity contribution < 1.29 is 58.3 Å². The Kier molecular flexibility index (Phi) is 26.5. The summed E-state index contributed by atoms with van der Waals surface area (Å²) in [6, 6.07) is 0. The van der Waals surface area contributed by atoms with Crippen molar-refractivity contribution in [1.82, 2.24) is 0 Å². The molecule has 48 heavy (non-hydrogen) atoms. The molecule has 6 atom stereocenters. The zero-order valence-electron chi connectivity index (χ0n) is 29.8. The van der Waals surface area contributed by atoms with Crippen molar-refractivity contribution in [3.63, 3.8) is 0 Å². The first-order valence-electron chi connectivity index (χ1n) is 18.9. The summed E-state index contributed by atoms with van der Waals surface area (Å²) < 4.78 is 33.8. The van der Waals surface area contributed by atoms with Crippen LogP contribution in [-0.2, 0) is 27.9 Å². The molecule has 0 aromatic heterocycles. The van der Waals surface area contributed by atoms with E-state index in [1.54, 1.807) is 0 Å². The lowest BCUT2D eigenvalue weighted by Gasteiger charge is -2.41. The van der Waals surface area contributed by atoms with E-state index in [0.29, 0.717) is 13.0 Å².